The molecule has 1 aliphatic rings. The Morgan fingerprint density at radius 3 is 2.94 bits per heavy atom. The number of benzene rings is 1. The van der Waals surface area contributed by atoms with E-state index in [1.807, 2.05) is 6.92 Å². The highest BCUT2D eigenvalue weighted by Crippen LogP contribution is 2.23. The molecule has 0 heterocycles. The second kappa shape index (κ2) is 5.46. The summed E-state index contributed by atoms with van der Waals surface area (Å²) in [4.78, 5) is 0. The highest BCUT2D eigenvalue weighted by atomic mass is 16.5. The molecule has 1 aliphatic carbocycles. The van der Waals surface area contributed by atoms with Crippen LogP contribution < -0.4 is 0 Å². The monoisotopic (exact) mass is 220 g/mol. The van der Waals surface area contributed by atoms with E-state index < -0.39 is 0 Å². The van der Waals surface area contributed by atoms with Gasteiger partial charge in [0, 0.05) is 13.0 Å². The van der Waals surface area contributed by atoms with Crippen molar-refractivity contribution in [1.29, 1.82) is 0 Å². The van der Waals surface area contributed by atoms with Gasteiger partial charge >= 0.3 is 0 Å². The smallest absolute Gasteiger partial charge is 0.0813 e. The number of ether oxygens (including phenoxy) is 1. The first-order valence-electron chi connectivity index (χ1n) is 6.16. The van der Waals surface area contributed by atoms with Crippen LogP contribution >= 0.6 is 0 Å². The average Bonchev–Trinajstić information content (AvgIpc) is 2.73. The van der Waals surface area contributed by atoms with Gasteiger partial charge in [-0.3, -0.25) is 0 Å². The van der Waals surface area contributed by atoms with Gasteiger partial charge in [-0.1, -0.05) is 18.2 Å². The van der Waals surface area contributed by atoms with E-state index in [2.05, 4.69) is 18.2 Å². The highest BCUT2D eigenvalue weighted by molar-refractivity contribution is 5.35. The fourth-order valence-electron chi connectivity index (χ4n) is 2.34. The Hall–Kier alpha value is -0.860. The quantitative estimate of drug-likeness (QED) is 0.823. The summed E-state index contributed by atoms with van der Waals surface area (Å²) in [6.45, 7) is 3.05. The van der Waals surface area contributed by atoms with Gasteiger partial charge in [0.05, 0.1) is 12.7 Å². The Morgan fingerprint density at radius 2 is 2.12 bits per heavy atom. The lowest BCUT2D eigenvalue weighted by Crippen LogP contribution is -2.18. The van der Waals surface area contributed by atoms with Crippen molar-refractivity contribution in [3.05, 3.63) is 34.9 Å². The predicted octanol–water partition coefficient (Wildman–Crippen LogP) is 2.12. The number of fused-ring (bicyclic) bond motifs is 1. The fourth-order valence-corrected chi connectivity index (χ4v) is 2.34. The van der Waals surface area contributed by atoms with Gasteiger partial charge < -0.3 is 9.84 Å². The fraction of sp³-hybridized carbons (Fsp3) is 0.571. The summed E-state index contributed by atoms with van der Waals surface area (Å²) in [7, 11) is 0. The van der Waals surface area contributed by atoms with Crippen molar-refractivity contribution in [3.63, 3.8) is 0 Å². The molecule has 2 nitrogen and oxygen atoms in total. The molecule has 0 amide bonds. The second-order valence-corrected chi connectivity index (χ2v) is 4.47. The summed E-state index contributed by atoms with van der Waals surface area (Å²) < 4.78 is 5.21. The van der Waals surface area contributed by atoms with Crippen LogP contribution in [0.1, 0.15) is 30.0 Å². The van der Waals surface area contributed by atoms with Gasteiger partial charge in [0.25, 0.3) is 0 Å². The zero-order valence-corrected chi connectivity index (χ0v) is 9.91. The third kappa shape index (κ3) is 2.83. The maximum atomic E-state index is 9.76. The lowest BCUT2D eigenvalue weighted by molar-refractivity contribution is 0.0430. The molecule has 0 spiro atoms. The van der Waals surface area contributed by atoms with Gasteiger partial charge in [-0.25, -0.2) is 0 Å². The third-order valence-electron chi connectivity index (χ3n) is 3.15. The SMILES string of the molecule is CCOCC(O)Cc1ccc2c(c1)CCC2. The minimum Gasteiger partial charge on any atom is -0.390 e. The molecule has 88 valence electrons. The van der Waals surface area contributed by atoms with Crippen LogP contribution in [-0.4, -0.2) is 24.4 Å². The number of aliphatic hydroxyl groups excluding tert-OH is 1. The maximum Gasteiger partial charge on any atom is 0.0813 e. The minimum atomic E-state index is -0.376. The highest BCUT2D eigenvalue weighted by Gasteiger charge is 2.12. The third-order valence-corrected chi connectivity index (χ3v) is 3.15. The molecule has 0 fully saturated rings. The van der Waals surface area contributed by atoms with Crippen molar-refractivity contribution in [2.24, 2.45) is 0 Å². The molecule has 16 heavy (non-hydrogen) atoms. The van der Waals surface area contributed by atoms with E-state index >= 15 is 0 Å². The predicted molar refractivity (Wildman–Crippen MR) is 64.7 cm³/mol. The summed E-state index contributed by atoms with van der Waals surface area (Å²) >= 11 is 0. The number of hydrogen-bond donors (Lipinski definition) is 1. The molecule has 1 aromatic rings. The number of hydrogen-bond acceptors (Lipinski definition) is 2. The van der Waals surface area contributed by atoms with Crippen LogP contribution in [0.5, 0.6) is 0 Å². The van der Waals surface area contributed by atoms with Gasteiger partial charge in [0.2, 0.25) is 0 Å². The second-order valence-electron chi connectivity index (χ2n) is 4.47. The van der Waals surface area contributed by atoms with Gasteiger partial charge in [0.15, 0.2) is 0 Å². The molecule has 0 radical (unpaired) electrons. The van der Waals surface area contributed by atoms with Crippen LogP contribution in [0, 0.1) is 0 Å². The van der Waals surface area contributed by atoms with E-state index in [0.717, 1.165) is 0 Å². The first-order valence-corrected chi connectivity index (χ1v) is 6.16. The van der Waals surface area contributed by atoms with Crippen molar-refractivity contribution in [1.82, 2.24) is 0 Å². The van der Waals surface area contributed by atoms with E-state index in [9.17, 15) is 5.11 Å². The Balaban J connectivity index is 1.94. The zero-order valence-electron chi connectivity index (χ0n) is 9.91. The lowest BCUT2D eigenvalue weighted by Gasteiger charge is -2.11. The summed E-state index contributed by atoms with van der Waals surface area (Å²) in [5.41, 5.74) is 4.19. The largest absolute Gasteiger partial charge is 0.390 e. The topological polar surface area (TPSA) is 29.5 Å². The number of aliphatic hydroxyl groups is 1. The first-order chi connectivity index (χ1) is 7.79. The summed E-state index contributed by atoms with van der Waals surface area (Å²) in [6, 6.07) is 6.60. The average molecular weight is 220 g/mol. The Labute approximate surface area is 97.3 Å². The Morgan fingerprint density at radius 1 is 1.31 bits per heavy atom. The maximum absolute atomic E-state index is 9.76. The molecule has 0 aliphatic heterocycles. The molecular weight excluding hydrogens is 200 g/mol. The van der Waals surface area contributed by atoms with Gasteiger partial charge in [-0.2, -0.15) is 0 Å². The van der Waals surface area contributed by atoms with Crippen LogP contribution in [0.3, 0.4) is 0 Å². The van der Waals surface area contributed by atoms with Crippen LogP contribution in [0.2, 0.25) is 0 Å². The number of aryl methyl sites for hydroxylation is 2. The molecule has 2 heteroatoms. The van der Waals surface area contributed by atoms with Crippen molar-refractivity contribution in [2.45, 2.75) is 38.7 Å². The van der Waals surface area contributed by atoms with E-state index in [-0.39, 0.29) is 6.10 Å². The van der Waals surface area contributed by atoms with E-state index in [1.54, 1.807) is 0 Å². The lowest BCUT2D eigenvalue weighted by atomic mass is 10.0. The molecule has 0 bridgehead atoms. The van der Waals surface area contributed by atoms with Crippen LogP contribution in [0.4, 0.5) is 0 Å². The normalized spacial score (nSPS) is 16.1. The van der Waals surface area contributed by atoms with E-state index in [4.69, 9.17) is 4.74 Å². The van der Waals surface area contributed by atoms with Crippen molar-refractivity contribution in [3.8, 4) is 0 Å². The molecule has 0 aromatic heterocycles. The van der Waals surface area contributed by atoms with E-state index in [0.29, 0.717) is 19.6 Å². The molecule has 0 saturated carbocycles. The minimum absolute atomic E-state index is 0.376. The first kappa shape index (κ1) is 11.6. The molecule has 2 rings (SSSR count). The van der Waals surface area contributed by atoms with Crippen molar-refractivity contribution in [2.75, 3.05) is 13.2 Å². The van der Waals surface area contributed by atoms with Gasteiger partial charge in [-0.15, -0.1) is 0 Å². The molecule has 1 unspecified atom stereocenters. The molecule has 1 N–H and O–H groups in total. The summed E-state index contributed by atoms with van der Waals surface area (Å²) in [5.74, 6) is 0. The van der Waals surface area contributed by atoms with Crippen LogP contribution in [0.15, 0.2) is 18.2 Å². The summed E-state index contributed by atoms with van der Waals surface area (Å²) in [5, 5.41) is 9.76. The van der Waals surface area contributed by atoms with Crippen LogP contribution in [0.25, 0.3) is 0 Å². The number of rotatable bonds is 5. The summed E-state index contributed by atoms with van der Waals surface area (Å²) in [6.07, 6.45) is 4.02. The molecule has 1 aromatic carbocycles. The zero-order chi connectivity index (χ0) is 11.4. The molecule has 0 saturated heterocycles. The molecular formula is C14H20O2. The Bertz CT molecular complexity index is 347. The van der Waals surface area contributed by atoms with E-state index in [1.165, 1.54) is 36.0 Å². The van der Waals surface area contributed by atoms with Crippen LogP contribution in [-0.2, 0) is 24.0 Å². The molecule has 1 atom stereocenters. The van der Waals surface area contributed by atoms with Crippen molar-refractivity contribution >= 4 is 0 Å². The standard InChI is InChI=1S/C14H20O2/c1-2-16-10-14(15)9-11-6-7-12-4-3-5-13(12)8-11/h6-8,14-15H,2-5,9-10H2,1H3. The Kier molecular flexibility index (Phi) is 3.97. The van der Waals surface area contributed by atoms with Crippen molar-refractivity contribution < 1.29 is 9.84 Å². The van der Waals surface area contributed by atoms with Gasteiger partial charge in [0.1, 0.15) is 0 Å². The van der Waals surface area contributed by atoms with Gasteiger partial charge in [-0.05, 0) is 42.9 Å².